The van der Waals surface area contributed by atoms with Crippen molar-refractivity contribution < 1.29 is 31.4 Å². The molecule has 1 atom stereocenters. The van der Waals surface area contributed by atoms with Crippen molar-refractivity contribution in [3.63, 3.8) is 0 Å². The number of nitrogens with zero attached hydrogens (tertiary/aromatic N) is 4. The number of anilines is 2. The molecule has 1 fully saturated rings. The summed E-state index contributed by atoms with van der Waals surface area (Å²) in [5.74, 6) is -0.331. The van der Waals surface area contributed by atoms with Crippen LogP contribution in [0.5, 0.6) is 0 Å². The lowest BCUT2D eigenvalue weighted by atomic mass is 9.92. The number of hydrogen-bond donors (Lipinski definition) is 3. The zero-order chi connectivity index (χ0) is 19.5. The van der Waals surface area contributed by atoms with Crippen LogP contribution < -0.4 is 11.5 Å². The third-order valence-corrected chi connectivity index (χ3v) is 4.51. The maximum Gasteiger partial charge on any atom is 0.389 e. The van der Waals surface area contributed by atoms with Gasteiger partial charge in [0, 0.05) is 5.41 Å². The number of hydrogen-bond acceptors (Lipinski definition) is 6. The Balaban J connectivity index is 1.94. The van der Waals surface area contributed by atoms with E-state index in [-0.39, 0.29) is 22.9 Å². The number of aliphatic hydroxyl groups is 1. The van der Waals surface area contributed by atoms with E-state index in [1.54, 1.807) is 0 Å². The molecule has 1 unspecified atom stereocenters. The van der Waals surface area contributed by atoms with E-state index in [0.29, 0.717) is 0 Å². The Morgan fingerprint density at radius 1 is 1.08 bits per heavy atom. The van der Waals surface area contributed by atoms with Gasteiger partial charge < -0.3 is 21.1 Å². The summed E-state index contributed by atoms with van der Waals surface area (Å²) >= 11 is 0. The fourth-order valence-electron chi connectivity index (χ4n) is 3.40. The van der Waals surface area contributed by atoms with Gasteiger partial charge in [0.1, 0.15) is 5.52 Å². The highest BCUT2D eigenvalue weighted by Crippen LogP contribution is 2.66. The van der Waals surface area contributed by atoms with Gasteiger partial charge in [-0.1, -0.05) is 0 Å². The number of nitrogens with two attached hydrogens (primary N) is 2. The Bertz CT molecular complexity index is 830. The fraction of sp³-hybridized carbons (Fsp3) is 0.615. The van der Waals surface area contributed by atoms with Crippen LogP contribution in [0.25, 0.3) is 11.2 Å². The highest BCUT2D eigenvalue weighted by atomic mass is 19.4. The Hall–Kier alpha value is -2.31. The molecule has 0 radical (unpaired) electrons. The zero-order valence-electron chi connectivity index (χ0n) is 13.1. The molecule has 0 bridgehead atoms. The van der Waals surface area contributed by atoms with E-state index in [4.69, 9.17) is 11.5 Å². The molecule has 0 amide bonds. The molecule has 2 aromatic heterocycles. The third-order valence-electron chi connectivity index (χ3n) is 4.51. The largest absolute Gasteiger partial charge is 0.389 e. The summed E-state index contributed by atoms with van der Waals surface area (Å²) in [5, 5.41) is 10.5. The van der Waals surface area contributed by atoms with Crippen LogP contribution >= 0.6 is 0 Å². The van der Waals surface area contributed by atoms with Gasteiger partial charge in [-0.25, -0.2) is 4.98 Å². The van der Waals surface area contributed by atoms with Crippen LogP contribution in [0.2, 0.25) is 0 Å². The van der Waals surface area contributed by atoms with Crippen molar-refractivity contribution in [3.05, 3.63) is 6.33 Å². The van der Waals surface area contributed by atoms with E-state index in [2.05, 4.69) is 15.0 Å². The maximum absolute atomic E-state index is 12.8. The fourth-order valence-corrected chi connectivity index (χ4v) is 3.40. The molecule has 1 aliphatic rings. The lowest BCUT2D eigenvalue weighted by Crippen LogP contribution is -2.33. The number of rotatable bonds is 4. The zero-order valence-corrected chi connectivity index (χ0v) is 13.1. The first-order valence-electron chi connectivity index (χ1n) is 7.33. The minimum absolute atomic E-state index is 0.0169. The van der Waals surface area contributed by atoms with Crippen LogP contribution in [0.15, 0.2) is 6.33 Å². The lowest BCUT2D eigenvalue weighted by Gasteiger charge is -2.25. The van der Waals surface area contributed by atoms with Crippen LogP contribution in [0.4, 0.5) is 38.1 Å². The maximum atomic E-state index is 12.8. The molecule has 0 spiro atoms. The van der Waals surface area contributed by atoms with Gasteiger partial charge >= 0.3 is 12.4 Å². The van der Waals surface area contributed by atoms with E-state index in [0.717, 1.165) is 10.9 Å². The average Bonchev–Trinajstić information content (AvgIpc) is 2.73. The van der Waals surface area contributed by atoms with E-state index in [1.165, 1.54) is 0 Å². The van der Waals surface area contributed by atoms with Crippen LogP contribution in [-0.2, 0) is 6.54 Å². The summed E-state index contributed by atoms with van der Waals surface area (Å²) in [6.07, 6.45) is -12.8. The highest BCUT2D eigenvalue weighted by Gasteiger charge is 2.72. The van der Waals surface area contributed by atoms with Gasteiger partial charge in [0.05, 0.1) is 31.3 Å². The molecule has 0 aromatic carbocycles. The Kier molecular flexibility index (Phi) is 3.80. The van der Waals surface area contributed by atoms with E-state index >= 15 is 0 Å². The quantitative estimate of drug-likeness (QED) is 0.695. The Labute approximate surface area is 142 Å². The van der Waals surface area contributed by atoms with Crippen LogP contribution in [0, 0.1) is 5.41 Å². The summed E-state index contributed by atoms with van der Waals surface area (Å²) in [5.41, 5.74) is 6.57. The molecule has 2 aromatic rings. The first kappa shape index (κ1) is 18.5. The molecule has 13 heteroatoms. The van der Waals surface area contributed by atoms with Gasteiger partial charge in [-0.2, -0.15) is 36.3 Å². The van der Waals surface area contributed by atoms with Gasteiger partial charge in [-0.15, -0.1) is 0 Å². The van der Waals surface area contributed by atoms with E-state index in [1.807, 2.05) is 0 Å². The molecule has 2 heterocycles. The number of halogens is 6. The molecule has 0 aliphatic heterocycles. The average molecular weight is 384 g/mol. The number of imidazole rings is 1. The molecule has 5 N–H and O–H groups in total. The van der Waals surface area contributed by atoms with Crippen molar-refractivity contribution in [3.8, 4) is 0 Å². The summed E-state index contributed by atoms with van der Waals surface area (Å²) in [6, 6.07) is 0. The van der Waals surface area contributed by atoms with Gasteiger partial charge in [-0.05, 0) is 6.42 Å². The van der Waals surface area contributed by atoms with Crippen molar-refractivity contribution in [2.24, 2.45) is 5.41 Å². The molecule has 1 aliphatic carbocycles. The third kappa shape index (κ3) is 3.34. The van der Waals surface area contributed by atoms with Crippen LogP contribution in [-0.4, -0.2) is 42.6 Å². The second-order valence-electron chi connectivity index (χ2n) is 6.58. The number of aromatic nitrogens is 4. The van der Waals surface area contributed by atoms with Gasteiger partial charge in [0.25, 0.3) is 0 Å². The summed E-state index contributed by atoms with van der Waals surface area (Å²) in [4.78, 5) is 11.4. The van der Waals surface area contributed by atoms with Crippen molar-refractivity contribution >= 4 is 22.9 Å². The SMILES string of the molecule is Nc1nc(N)c2ncn(CC3(O)CC3(CC(F)(F)F)CC(F)(F)F)c2n1. The molecule has 144 valence electrons. The van der Waals surface area contributed by atoms with Crippen molar-refractivity contribution in [1.82, 2.24) is 19.5 Å². The summed E-state index contributed by atoms with van der Waals surface area (Å²) in [6.45, 7) is -0.564. The highest BCUT2D eigenvalue weighted by molar-refractivity contribution is 5.82. The molecule has 0 saturated heterocycles. The van der Waals surface area contributed by atoms with Crippen molar-refractivity contribution in [2.75, 3.05) is 11.5 Å². The normalized spacial score (nSPS) is 22.7. The second-order valence-corrected chi connectivity index (χ2v) is 6.58. The van der Waals surface area contributed by atoms with Crippen molar-refractivity contribution in [1.29, 1.82) is 0 Å². The second kappa shape index (κ2) is 5.34. The predicted octanol–water partition coefficient (Wildman–Crippen LogP) is 2.02. The smallest absolute Gasteiger partial charge is 0.387 e. The van der Waals surface area contributed by atoms with E-state index in [9.17, 15) is 31.4 Å². The lowest BCUT2D eigenvalue weighted by molar-refractivity contribution is -0.188. The minimum Gasteiger partial charge on any atom is -0.387 e. The van der Waals surface area contributed by atoms with Gasteiger partial charge in [-0.3, -0.25) is 0 Å². The molecule has 1 saturated carbocycles. The van der Waals surface area contributed by atoms with E-state index < -0.39 is 49.2 Å². The van der Waals surface area contributed by atoms with Crippen LogP contribution in [0.3, 0.4) is 0 Å². The first-order chi connectivity index (χ1) is 11.7. The summed E-state index contributed by atoms with van der Waals surface area (Å²) in [7, 11) is 0. The topological polar surface area (TPSA) is 116 Å². The molecular formula is C13H14F6N6O. The Morgan fingerprint density at radius 3 is 2.19 bits per heavy atom. The number of alkyl halides is 6. The molecule has 7 nitrogen and oxygen atoms in total. The van der Waals surface area contributed by atoms with Gasteiger partial charge in [0.15, 0.2) is 11.5 Å². The first-order valence-corrected chi connectivity index (χ1v) is 7.33. The minimum atomic E-state index is -4.86. The van der Waals surface area contributed by atoms with Gasteiger partial charge in [0.2, 0.25) is 5.95 Å². The molecule has 3 rings (SSSR count). The van der Waals surface area contributed by atoms with Crippen molar-refractivity contribution in [2.45, 2.75) is 43.8 Å². The Morgan fingerprint density at radius 2 is 1.65 bits per heavy atom. The summed E-state index contributed by atoms with van der Waals surface area (Å²) < 4.78 is 77.9. The standard InChI is InChI=1S/C13H14F6N6O/c14-12(15,16)2-10(3-13(17,18)19)1-11(10,26)4-25-5-22-6-7(20)23-9(21)24-8(6)25/h5,26H,1-4H2,(H4,20,21,23,24). The predicted molar refractivity (Wildman–Crippen MR) is 77.5 cm³/mol. The van der Waals surface area contributed by atoms with Crippen LogP contribution in [0.1, 0.15) is 19.3 Å². The number of nitrogen functional groups attached to an aromatic ring is 2. The molecular weight excluding hydrogens is 370 g/mol. The monoisotopic (exact) mass is 384 g/mol. The number of fused-ring (bicyclic) bond motifs is 1. The molecule has 26 heavy (non-hydrogen) atoms.